The zero-order valence-corrected chi connectivity index (χ0v) is 12.0. The summed E-state index contributed by atoms with van der Waals surface area (Å²) in [6.45, 7) is 4.29. The highest BCUT2D eigenvalue weighted by molar-refractivity contribution is 7.07. The molecule has 2 amide bonds. The Morgan fingerprint density at radius 2 is 2.28 bits per heavy atom. The van der Waals surface area contributed by atoms with Gasteiger partial charge in [-0.15, -0.1) is 0 Å². The fraction of sp³-hybridized carbons (Fsp3) is 0.615. The summed E-state index contributed by atoms with van der Waals surface area (Å²) in [5, 5.41) is 16.3. The number of hydrogen-bond donors (Lipinski definition) is 2. The zero-order chi connectivity index (χ0) is 13.5. The molecule has 5 heteroatoms. The van der Waals surface area contributed by atoms with Crippen LogP contribution in [0.1, 0.15) is 25.8 Å². The van der Waals surface area contributed by atoms with Crippen molar-refractivity contribution in [3.8, 4) is 0 Å². The summed E-state index contributed by atoms with van der Waals surface area (Å²) in [6.07, 6.45) is 1.07. The van der Waals surface area contributed by atoms with Crippen LogP contribution in [0.4, 0.5) is 4.79 Å². The number of rotatable bonds is 6. The van der Waals surface area contributed by atoms with Gasteiger partial charge in [-0.05, 0) is 49.1 Å². The summed E-state index contributed by atoms with van der Waals surface area (Å²) in [4.78, 5) is 13.4. The third kappa shape index (κ3) is 5.51. The second kappa shape index (κ2) is 7.38. The maximum absolute atomic E-state index is 11.8. The van der Waals surface area contributed by atoms with Crippen molar-refractivity contribution in [2.24, 2.45) is 0 Å². The van der Waals surface area contributed by atoms with Crippen LogP contribution in [0, 0.1) is 0 Å². The number of aliphatic hydroxyl groups is 1. The van der Waals surface area contributed by atoms with E-state index < -0.39 is 0 Å². The number of hydrogen-bond acceptors (Lipinski definition) is 3. The minimum absolute atomic E-state index is 0.0848. The van der Waals surface area contributed by atoms with E-state index in [2.05, 4.69) is 16.8 Å². The average molecular weight is 270 g/mol. The zero-order valence-electron chi connectivity index (χ0n) is 11.2. The SMILES string of the molecule is CC(O)CCN(C)C(=O)NC(C)Cc1ccsc1. The molecule has 2 unspecified atom stereocenters. The maximum atomic E-state index is 11.8. The molecule has 102 valence electrons. The predicted molar refractivity (Wildman–Crippen MR) is 74.9 cm³/mol. The molecule has 1 heterocycles. The van der Waals surface area contributed by atoms with E-state index in [0.29, 0.717) is 13.0 Å². The van der Waals surface area contributed by atoms with Crippen molar-refractivity contribution in [2.45, 2.75) is 38.8 Å². The van der Waals surface area contributed by atoms with Gasteiger partial charge < -0.3 is 15.3 Å². The molecule has 0 aromatic carbocycles. The average Bonchev–Trinajstić information content (AvgIpc) is 2.78. The number of carbonyl (C=O) groups is 1. The lowest BCUT2D eigenvalue weighted by Gasteiger charge is -2.21. The minimum atomic E-state index is -0.372. The molecule has 0 fully saturated rings. The molecule has 2 N–H and O–H groups in total. The van der Waals surface area contributed by atoms with E-state index in [9.17, 15) is 9.90 Å². The van der Waals surface area contributed by atoms with Gasteiger partial charge in [0.25, 0.3) is 0 Å². The molecular formula is C13H22N2O2S. The first kappa shape index (κ1) is 15.0. The third-order valence-electron chi connectivity index (χ3n) is 2.72. The minimum Gasteiger partial charge on any atom is -0.393 e. The van der Waals surface area contributed by atoms with Crippen LogP contribution < -0.4 is 5.32 Å². The van der Waals surface area contributed by atoms with Crippen molar-refractivity contribution < 1.29 is 9.90 Å². The molecule has 0 bridgehead atoms. The summed E-state index contributed by atoms with van der Waals surface area (Å²) in [5.74, 6) is 0. The molecule has 4 nitrogen and oxygen atoms in total. The van der Waals surface area contributed by atoms with Crippen LogP contribution in [0.5, 0.6) is 0 Å². The second-order valence-electron chi connectivity index (χ2n) is 4.75. The van der Waals surface area contributed by atoms with Gasteiger partial charge in [-0.25, -0.2) is 4.79 Å². The Bertz CT molecular complexity index is 352. The van der Waals surface area contributed by atoms with Crippen molar-refractivity contribution in [1.82, 2.24) is 10.2 Å². The van der Waals surface area contributed by atoms with Gasteiger partial charge in [0.1, 0.15) is 0 Å². The quantitative estimate of drug-likeness (QED) is 0.831. The highest BCUT2D eigenvalue weighted by Gasteiger charge is 2.12. The van der Waals surface area contributed by atoms with Gasteiger partial charge in [0.2, 0.25) is 0 Å². The lowest BCUT2D eigenvalue weighted by molar-refractivity contribution is 0.162. The van der Waals surface area contributed by atoms with Crippen LogP contribution in [0.15, 0.2) is 16.8 Å². The highest BCUT2D eigenvalue weighted by atomic mass is 32.1. The van der Waals surface area contributed by atoms with Gasteiger partial charge in [0.15, 0.2) is 0 Å². The predicted octanol–water partition coefficient (Wildman–Crippen LogP) is 2.09. The molecular weight excluding hydrogens is 248 g/mol. The number of carbonyl (C=O) groups excluding carboxylic acids is 1. The van der Waals surface area contributed by atoms with Crippen molar-refractivity contribution in [2.75, 3.05) is 13.6 Å². The Kier molecular flexibility index (Phi) is 6.15. The largest absolute Gasteiger partial charge is 0.393 e. The number of aliphatic hydroxyl groups excluding tert-OH is 1. The number of nitrogens with one attached hydrogen (secondary N) is 1. The molecule has 0 saturated carbocycles. The Labute approximate surface area is 113 Å². The number of nitrogens with zero attached hydrogens (tertiary/aromatic N) is 1. The normalized spacial score (nSPS) is 14.0. The van der Waals surface area contributed by atoms with E-state index in [1.165, 1.54) is 5.56 Å². The van der Waals surface area contributed by atoms with Gasteiger partial charge in [-0.3, -0.25) is 0 Å². The van der Waals surface area contributed by atoms with Gasteiger partial charge in [-0.2, -0.15) is 11.3 Å². The molecule has 0 aliphatic carbocycles. The molecule has 0 aliphatic rings. The highest BCUT2D eigenvalue weighted by Crippen LogP contribution is 2.08. The van der Waals surface area contributed by atoms with E-state index in [1.54, 1.807) is 30.2 Å². The van der Waals surface area contributed by atoms with Crippen molar-refractivity contribution >= 4 is 17.4 Å². The van der Waals surface area contributed by atoms with Crippen LogP contribution in [0.2, 0.25) is 0 Å². The summed E-state index contributed by atoms with van der Waals surface area (Å²) in [6, 6.07) is 2.10. The van der Waals surface area contributed by atoms with Crippen LogP contribution >= 0.6 is 11.3 Å². The Hall–Kier alpha value is -1.07. The number of thiophene rings is 1. The monoisotopic (exact) mass is 270 g/mol. The molecule has 1 rings (SSSR count). The van der Waals surface area contributed by atoms with E-state index >= 15 is 0 Å². The maximum Gasteiger partial charge on any atom is 0.317 e. The Balaban J connectivity index is 2.30. The van der Waals surface area contributed by atoms with Gasteiger partial charge in [0.05, 0.1) is 6.10 Å². The smallest absolute Gasteiger partial charge is 0.317 e. The molecule has 1 aromatic rings. The van der Waals surface area contributed by atoms with E-state index in [-0.39, 0.29) is 18.2 Å². The molecule has 0 spiro atoms. The number of amides is 2. The first-order chi connectivity index (χ1) is 8.49. The van der Waals surface area contributed by atoms with Crippen LogP contribution in [0.3, 0.4) is 0 Å². The molecule has 0 aliphatic heterocycles. The molecule has 0 saturated heterocycles. The van der Waals surface area contributed by atoms with E-state index in [4.69, 9.17) is 0 Å². The van der Waals surface area contributed by atoms with Crippen molar-refractivity contribution in [3.63, 3.8) is 0 Å². The van der Waals surface area contributed by atoms with Crippen molar-refractivity contribution in [3.05, 3.63) is 22.4 Å². The lowest BCUT2D eigenvalue weighted by Crippen LogP contribution is -2.43. The topological polar surface area (TPSA) is 52.6 Å². The fourth-order valence-corrected chi connectivity index (χ4v) is 2.30. The first-order valence-corrected chi connectivity index (χ1v) is 7.14. The molecule has 18 heavy (non-hydrogen) atoms. The summed E-state index contributed by atoms with van der Waals surface area (Å²) < 4.78 is 0. The van der Waals surface area contributed by atoms with Gasteiger partial charge in [-0.1, -0.05) is 0 Å². The van der Waals surface area contributed by atoms with Crippen molar-refractivity contribution in [1.29, 1.82) is 0 Å². The molecule has 0 radical (unpaired) electrons. The summed E-state index contributed by atoms with van der Waals surface area (Å²) in [5.41, 5.74) is 1.25. The number of urea groups is 1. The van der Waals surface area contributed by atoms with Gasteiger partial charge in [0, 0.05) is 19.6 Å². The Morgan fingerprint density at radius 3 is 2.83 bits per heavy atom. The van der Waals surface area contributed by atoms with Crippen LogP contribution in [0.25, 0.3) is 0 Å². The van der Waals surface area contributed by atoms with Crippen LogP contribution in [-0.4, -0.2) is 41.8 Å². The second-order valence-corrected chi connectivity index (χ2v) is 5.53. The fourth-order valence-electron chi connectivity index (χ4n) is 1.62. The van der Waals surface area contributed by atoms with E-state index in [1.807, 2.05) is 12.3 Å². The molecule has 1 aromatic heterocycles. The molecule has 2 atom stereocenters. The first-order valence-electron chi connectivity index (χ1n) is 6.19. The third-order valence-corrected chi connectivity index (χ3v) is 3.45. The van der Waals surface area contributed by atoms with Crippen LogP contribution in [-0.2, 0) is 6.42 Å². The van der Waals surface area contributed by atoms with E-state index in [0.717, 1.165) is 6.42 Å². The lowest BCUT2D eigenvalue weighted by atomic mass is 10.1. The standard InChI is InChI=1S/C13H22N2O2S/c1-10(8-12-5-7-18-9-12)14-13(17)15(3)6-4-11(2)16/h5,7,9-11,16H,4,6,8H2,1-3H3,(H,14,17). The van der Waals surface area contributed by atoms with Gasteiger partial charge >= 0.3 is 6.03 Å². The summed E-state index contributed by atoms with van der Waals surface area (Å²) in [7, 11) is 1.75. The summed E-state index contributed by atoms with van der Waals surface area (Å²) >= 11 is 1.67. The Morgan fingerprint density at radius 1 is 1.56 bits per heavy atom.